The van der Waals surface area contributed by atoms with Gasteiger partial charge < -0.3 is 24.7 Å². The Morgan fingerprint density at radius 3 is 2.39 bits per heavy atom. The number of ketones is 1. The van der Waals surface area contributed by atoms with Gasteiger partial charge in [-0.3, -0.25) is 14.5 Å². The third-order valence-electron chi connectivity index (χ3n) is 15.1. The molecule has 1 saturated heterocycles. The fourth-order valence-electron chi connectivity index (χ4n) is 11.7. The number of alkyl carbamates (subject to hydrolysis) is 1. The molecular formula is C37H56N2O7. The number of rotatable bonds is 6. The Kier molecular flexibility index (Phi) is 8.35. The number of hydrogen-bond acceptors (Lipinski definition) is 7. The van der Waals surface area contributed by atoms with Gasteiger partial charge in [0.15, 0.2) is 5.78 Å². The lowest BCUT2D eigenvalue weighted by Crippen LogP contribution is -2.67. The van der Waals surface area contributed by atoms with E-state index in [0.717, 1.165) is 58.0 Å². The lowest BCUT2D eigenvalue weighted by atomic mass is 9.33. The van der Waals surface area contributed by atoms with E-state index in [2.05, 4.69) is 37.9 Å². The van der Waals surface area contributed by atoms with Gasteiger partial charge in [-0.15, -0.1) is 0 Å². The number of hydrogen-bond donors (Lipinski definition) is 2. The van der Waals surface area contributed by atoms with Crippen LogP contribution in [0.25, 0.3) is 0 Å². The number of carbonyl (C=O) groups is 4. The number of aldehydes is 1. The molecule has 4 saturated carbocycles. The highest BCUT2D eigenvalue weighted by molar-refractivity contribution is 5.96. The molecule has 6 rings (SSSR count). The van der Waals surface area contributed by atoms with E-state index >= 15 is 0 Å². The van der Waals surface area contributed by atoms with Crippen molar-refractivity contribution in [3.05, 3.63) is 11.6 Å². The molecule has 10 atom stereocenters. The molecule has 2 N–H and O–H groups in total. The molecule has 0 radical (unpaired) electrons. The van der Waals surface area contributed by atoms with Crippen molar-refractivity contribution >= 4 is 24.1 Å². The lowest BCUT2D eigenvalue weighted by Gasteiger charge is -2.70. The summed E-state index contributed by atoms with van der Waals surface area (Å²) in [6.45, 7) is 17.3. The van der Waals surface area contributed by atoms with Gasteiger partial charge in [-0.25, -0.2) is 4.79 Å². The van der Waals surface area contributed by atoms with Crippen molar-refractivity contribution in [3.63, 3.8) is 0 Å². The van der Waals surface area contributed by atoms with Crippen molar-refractivity contribution in [2.45, 2.75) is 105 Å². The van der Waals surface area contributed by atoms with E-state index in [-0.39, 0.29) is 39.8 Å². The molecule has 5 aliphatic carbocycles. The molecule has 0 spiro atoms. The summed E-state index contributed by atoms with van der Waals surface area (Å²) in [4.78, 5) is 55.2. The zero-order valence-electron chi connectivity index (χ0n) is 28.9. The van der Waals surface area contributed by atoms with Crippen LogP contribution in [-0.4, -0.2) is 79.6 Å². The van der Waals surface area contributed by atoms with Gasteiger partial charge in [0.2, 0.25) is 0 Å². The Bertz CT molecular complexity index is 1310. The lowest BCUT2D eigenvalue weighted by molar-refractivity contribution is -0.202. The van der Waals surface area contributed by atoms with E-state index in [4.69, 9.17) is 9.47 Å². The van der Waals surface area contributed by atoms with Crippen LogP contribution in [0.4, 0.5) is 4.79 Å². The number of nitrogens with one attached hydrogen (secondary N) is 1. The molecular weight excluding hydrogens is 584 g/mol. The van der Waals surface area contributed by atoms with Crippen molar-refractivity contribution in [3.8, 4) is 0 Å². The predicted octanol–water partition coefficient (Wildman–Crippen LogP) is 5.66. The zero-order chi connectivity index (χ0) is 33.3. The van der Waals surface area contributed by atoms with Crippen molar-refractivity contribution in [2.75, 3.05) is 39.4 Å². The molecule has 0 aromatic heterocycles. The number of nitrogens with zero attached hydrogens (tertiary/aromatic N) is 1. The summed E-state index contributed by atoms with van der Waals surface area (Å²) in [6.07, 6.45) is 8.84. The minimum atomic E-state index is -0.904. The van der Waals surface area contributed by atoms with Crippen molar-refractivity contribution in [1.29, 1.82) is 0 Å². The quantitative estimate of drug-likeness (QED) is 0.357. The first-order valence-corrected chi connectivity index (χ1v) is 17.8. The number of carboxylic acids is 1. The maximum Gasteiger partial charge on any atom is 0.407 e. The average molecular weight is 641 g/mol. The summed E-state index contributed by atoms with van der Waals surface area (Å²) < 4.78 is 11.4. The number of aliphatic carboxylic acids is 1. The molecule has 0 aromatic carbocycles. The summed E-state index contributed by atoms with van der Waals surface area (Å²) in [5.74, 6) is -0.882. The molecule has 0 aromatic rings. The predicted molar refractivity (Wildman–Crippen MR) is 173 cm³/mol. The van der Waals surface area contributed by atoms with E-state index in [1.54, 1.807) is 0 Å². The normalized spacial score (nSPS) is 47.3. The second kappa shape index (κ2) is 11.4. The van der Waals surface area contributed by atoms with Gasteiger partial charge in [0, 0.05) is 32.1 Å². The Morgan fingerprint density at radius 1 is 1.02 bits per heavy atom. The number of carbonyl (C=O) groups excluding carboxylic acids is 3. The fraction of sp³-hybridized carbons (Fsp3) is 0.838. The van der Waals surface area contributed by atoms with Crippen LogP contribution in [0, 0.1) is 50.2 Å². The van der Waals surface area contributed by atoms with Gasteiger partial charge in [0.1, 0.15) is 12.4 Å². The SMILES string of the molecule is C[C@]1(C(=O)O)CC[C@]2(C)CC[C@]3(C)C(=CC(=O)[C@@H]4[C@@]5(C)CC[C@H](OC(=O)NCCN6CCOCC6)[C@@](C)(C=O)[C@@H]5CC[C@]43C)[C@@H]2C1. The van der Waals surface area contributed by atoms with Crippen LogP contribution < -0.4 is 5.32 Å². The first-order valence-electron chi connectivity index (χ1n) is 17.8. The van der Waals surface area contributed by atoms with Crippen LogP contribution in [0.15, 0.2) is 11.6 Å². The van der Waals surface area contributed by atoms with Crippen LogP contribution in [0.1, 0.15) is 99.3 Å². The Labute approximate surface area is 274 Å². The van der Waals surface area contributed by atoms with E-state index in [9.17, 15) is 24.3 Å². The van der Waals surface area contributed by atoms with Gasteiger partial charge >= 0.3 is 12.1 Å². The molecule has 9 nitrogen and oxygen atoms in total. The molecule has 46 heavy (non-hydrogen) atoms. The molecule has 1 heterocycles. The topological polar surface area (TPSA) is 122 Å². The Balaban J connectivity index is 1.25. The second-order valence-corrected chi connectivity index (χ2v) is 17.4. The van der Waals surface area contributed by atoms with Gasteiger partial charge in [0.05, 0.1) is 24.0 Å². The average Bonchev–Trinajstić information content (AvgIpc) is 3.01. The van der Waals surface area contributed by atoms with E-state index in [0.29, 0.717) is 45.4 Å². The summed E-state index contributed by atoms with van der Waals surface area (Å²) >= 11 is 0. The second-order valence-electron chi connectivity index (χ2n) is 17.4. The summed E-state index contributed by atoms with van der Waals surface area (Å²) in [5.41, 5.74) is -1.48. The van der Waals surface area contributed by atoms with E-state index in [1.165, 1.54) is 5.57 Å². The fourth-order valence-corrected chi connectivity index (χ4v) is 11.7. The largest absolute Gasteiger partial charge is 0.481 e. The van der Waals surface area contributed by atoms with Gasteiger partial charge in [-0.2, -0.15) is 0 Å². The molecule has 6 aliphatic rings. The van der Waals surface area contributed by atoms with Crippen LogP contribution in [-0.2, 0) is 23.9 Å². The highest BCUT2D eigenvalue weighted by Crippen LogP contribution is 2.75. The third kappa shape index (κ3) is 4.91. The monoisotopic (exact) mass is 640 g/mol. The van der Waals surface area contributed by atoms with Crippen LogP contribution in [0.5, 0.6) is 0 Å². The van der Waals surface area contributed by atoms with Gasteiger partial charge in [0.25, 0.3) is 0 Å². The summed E-state index contributed by atoms with van der Waals surface area (Å²) in [6, 6.07) is 0. The van der Waals surface area contributed by atoms with Crippen LogP contribution >= 0.6 is 0 Å². The maximum atomic E-state index is 14.6. The molecule has 256 valence electrons. The van der Waals surface area contributed by atoms with E-state index < -0.39 is 34.4 Å². The molecule has 5 fully saturated rings. The molecule has 9 heteroatoms. The summed E-state index contributed by atoms with van der Waals surface area (Å²) in [7, 11) is 0. The molecule has 0 bridgehead atoms. The zero-order valence-corrected chi connectivity index (χ0v) is 28.9. The number of fused-ring (bicyclic) bond motifs is 7. The first-order chi connectivity index (χ1) is 21.6. The van der Waals surface area contributed by atoms with E-state index in [1.807, 2.05) is 19.9 Å². The van der Waals surface area contributed by atoms with Crippen molar-refractivity contribution in [2.24, 2.45) is 50.2 Å². The number of allylic oxidation sites excluding steroid dienone is 2. The number of morpholine rings is 1. The smallest absolute Gasteiger partial charge is 0.407 e. The van der Waals surface area contributed by atoms with Gasteiger partial charge in [-0.1, -0.05) is 33.3 Å². The van der Waals surface area contributed by atoms with Crippen molar-refractivity contribution < 1.29 is 33.8 Å². The highest BCUT2D eigenvalue weighted by Gasteiger charge is 2.71. The van der Waals surface area contributed by atoms with Crippen LogP contribution in [0.3, 0.4) is 0 Å². The Morgan fingerprint density at radius 2 is 1.72 bits per heavy atom. The highest BCUT2D eigenvalue weighted by atomic mass is 16.6. The maximum absolute atomic E-state index is 14.6. The van der Waals surface area contributed by atoms with Crippen molar-refractivity contribution in [1.82, 2.24) is 10.2 Å². The molecule has 1 aliphatic heterocycles. The first kappa shape index (κ1) is 33.6. The number of ether oxygens (including phenoxy) is 2. The standard InChI is InChI=1S/C37H56N2O7/c1-32-11-12-33(2,30(42)43)22-25(32)24-21-26(41)29-34(3)9-8-28(46-31(44)38-15-16-39-17-19-45-20-18-39)35(4,23-40)27(34)7-10-37(29,6)36(24,5)14-13-32/h21,23,25,27-29H,7-20,22H2,1-6H3,(H,38,44)(H,42,43)/t25-,27+,28-,29+,32+,33-,34-,35-,36+,37+/m0/s1. The number of amides is 1. The van der Waals surface area contributed by atoms with Crippen LogP contribution in [0.2, 0.25) is 0 Å². The summed E-state index contributed by atoms with van der Waals surface area (Å²) in [5, 5.41) is 13.1. The van der Waals surface area contributed by atoms with Gasteiger partial charge in [-0.05, 0) is 111 Å². The third-order valence-corrected chi connectivity index (χ3v) is 15.1. The Hall–Kier alpha value is -2.26. The minimum absolute atomic E-state index is 0.000853. The number of carboxylic acid groups (broad SMARTS) is 1. The molecule has 1 amide bonds. The minimum Gasteiger partial charge on any atom is -0.481 e. The molecule has 0 unspecified atom stereocenters.